The molecule has 0 unspecified atom stereocenters. The molecule has 12 heteroatoms. The van der Waals surface area contributed by atoms with Crippen LogP contribution >= 0.6 is 34.5 Å². The highest BCUT2D eigenvalue weighted by Gasteiger charge is 2.35. The van der Waals surface area contributed by atoms with E-state index in [0.29, 0.717) is 15.6 Å². The fourth-order valence-corrected chi connectivity index (χ4v) is 4.22. The minimum Gasteiger partial charge on any atom is -0.267 e. The summed E-state index contributed by atoms with van der Waals surface area (Å²) in [7, 11) is 0. The van der Waals surface area contributed by atoms with E-state index in [2.05, 4.69) is 16.0 Å². The van der Waals surface area contributed by atoms with Gasteiger partial charge in [-0.3, -0.25) is 20.4 Å². The molecular weight excluding hydrogens is 512 g/mol. The quantitative estimate of drug-likeness (QED) is 0.321. The van der Waals surface area contributed by atoms with Crippen molar-refractivity contribution in [1.29, 1.82) is 0 Å². The number of hydrogen-bond acceptors (Lipinski definition) is 4. The van der Waals surface area contributed by atoms with Gasteiger partial charge in [-0.15, -0.1) is 11.3 Å². The van der Waals surface area contributed by atoms with Crippen LogP contribution in [0.2, 0.25) is 10.0 Å². The number of nitrogens with one attached hydrogen (secondary N) is 2. The number of hydrogen-bond donors (Lipinski definition) is 2. The number of alkyl halides is 3. The Morgan fingerprint density at radius 2 is 1.65 bits per heavy atom. The lowest BCUT2D eigenvalue weighted by Crippen LogP contribution is -2.41. The molecule has 0 atom stereocenters. The van der Waals surface area contributed by atoms with E-state index in [1.807, 2.05) is 0 Å². The summed E-state index contributed by atoms with van der Waals surface area (Å²) in [4.78, 5) is 25.2. The lowest BCUT2D eigenvalue weighted by molar-refractivity contribution is -0.141. The van der Waals surface area contributed by atoms with Gasteiger partial charge in [-0.2, -0.15) is 18.3 Å². The summed E-state index contributed by atoms with van der Waals surface area (Å²) in [6.07, 6.45) is -4.61. The lowest BCUT2D eigenvalue weighted by Gasteiger charge is -2.10. The molecule has 0 bridgehead atoms. The van der Waals surface area contributed by atoms with E-state index >= 15 is 0 Å². The molecule has 34 heavy (non-hydrogen) atoms. The van der Waals surface area contributed by atoms with Gasteiger partial charge in [0.1, 0.15) is 0 Å². The number of benzene rings is 2. The first kappa shape index (κ1) is 23.8. The third-order valence-corrected chi connectivity index (χ3v) is 6.05. The zero-order chi connectivity index (χ0) is 24.5. The van der Waals surface area contributed by atoms with Crippen molar-refractivity contribution in [3.05, 3.63) is 92.9 Å². The number of thiophene rings is 1. The molecule has 0 saturated heterocycles. The van der Waals surface area contributed by atoms with E-state index in [-0.39, 0.29) is 21.8 Å². The summed E-state index contributed by atoms with van der Waals surface area (Å²) in [5.41, 5.74) is 4.34. The average Bonchev–Trinajstić information content (AvgIpc) is 3.47. The molecule has 2 amide bonds. The Balaban J connectivity index is 1.52. The van der Waals surface area contributed by atoms with Crippen LogP contribution in [0, 0.1) is 0 Å². The first-order valence-electron chi connectivity index (χ1n) is 9.51. The maximum atomic E-state index is 13.3. The predicted molar refractivity (Wildman–Crippen MR) is 123 cm³/mol. The Kier molecular flexibility index (Phi) is 6.65. The van der Waals surface area contributed by atoms with Crippen LogP contribution in [-0.2, 0) is 6.18 Å². The molecule has 0 radical (unpaired) electrons. The minimum atomic E-state index is -4.61. The highest BCUT2D eigenvalue weighted by Crippen LogP contribution is 2.34. The van der Waals surface area contributed by atoms with Crippen LogP contribution in [-0.4, -0.2) is 21.6 Å². The number of aromatic nitrogens is 2. The maximum Gasteiger partial charge on any atom is 0.435 e. The van der Waals surface area contributed by atoms with Gasteiger partial charge in [-0.25, -0.2) is 4.68 Å². The first-order valence-corrected chi connectivity index (χ1v) is 11.1. The molecule has 4 aromatic rings. The SMILES string of the molecule is O=C(NNC(=O)c1ccc(Cl)cc1Cl)c1ccc(-n2nc(C(F)(F)F)cc2-c2cccs2)cc1. The van der Waals surface area contributed by atoms with E-state index < -0.39 is 23.7 Å². The second-order valence-electron chi connectivity index (χ2n) is 6.88. The summed E-state index contributed by atoms with van der Waals surface area (Å²) in [5.74, 6) is -1.29. The van der Waals surface area contributed by atoms with Crippen LogP contribution in [0.4, 0.5) is 13.2 Å². The molecule has 174 valence electrons. The number of nitrogens with zero attached hydrogens (tertiary/aromatic N) is 2. The topological polar surface area (TPSA) is 76.0 Å². The Morgan fingerprint density at radius 1 is 0.941 bits per heavy atom. The fourth-order valence-electron chi connectivity index (χ4n) is 3.00. The molecule has 2 aromatic carbocycles. The molecule has 0 aliphatic heterocycles. The molecule has 6 nitrogen and oxygen atoms in total. The van der Waals surface area contributed by atoms with E-state index in [9.17, 15) is 22.8 Å². The van der Waals surface area contributed by atoms with Crippen LogP contribution in [0.3, 0.4) is 0 Å². The summed E-state index contributed by atoms with van der Waals surface area (Å²) >= 11 is 13.1. The van der Waals surface area contributed by atoms with Crippen molar-refractivity contribution in [3.63, 3.8) is 0 Å². The van der Waals surface area contributed by atoms with Gasteiger partial charge < -0.3 is 0 Å². The number of carbonyl (C=O) groups excluding carboxylic acids is 2. The fraction of sp³-hybridized carbons (Fsp3) is 0.0455. The second-order valence-corrected chi connectivity index (χ2v) is 8.67. The molecule has 0 fully saturated rings. The smallest absolute Gasteiger partial charge is 0.267 e. The maximum absolute atomic E-state index is 13.3. The summed E-state index contributed by atoms with van der Waals surface area (Å²) in [6, 6.07) is 14.4. The molecule has 4 rings (SSSR count). The Morgan fingerprint density at radius 3 is 2.26 bits per heavy atom. The van der Waals surface area contributed by atoms with E-state index in [4.69, 9.17) is 23.2 Å². The molecule has 0 spiro atoms. The van der Waals surface area contributed by atoms with Crippen molar-refractivity contribution in [1.82, 2.24) is 20.6 Å². The van der Waals surface area contributed by atoms with Crippen molar-refractivity contribution >= 4 is 46.4 Å². The van der Waals surface area contributed by atoms with Crippen LogP contribution < -0.4 is 10.9 Å². The normalized spacial score (nSPS) is 11.3. The zero-order valence-electron chi connectivity index (χ0n) is 16.9. The zero-order valence-corrected chi connectivity index (χ0v) is 19.2. The van der Waals surface area contributed by atoms with Crippen molar-refractivity contribution < 1.29 is 22.8 Å². The van der Waals surface area contributed by atoms with Crippen molar-refractivity contribution in [2.75, 3.05) is 0 Å². The predicted octanol–water partition coefficient (Wildman–Crippen LogP) is 6.00. The number of rotatable bonds is 4. The molecule has 0 aliphatic rings. The van der Waals surface area contributed by atoms with E-state index in [1.54, 1.807) is 17.5 Å². The summed E-state index contributed by atoms with van der Waals surface area (Å²) in [6.45, 7) is 0. The molecule has 2 aromatic heterocycles. The van der Waals surface area contributed by atoms with Gasteiger partial charge in [0, 0.05) is 10.6 Å². The third-order valence-electron chi connectivity index (χ3n) is 4.61. The van der Waals surface area contributed by atoms with E-state index in [0.717, 1.165) is 6.07 Å². The highest BCUT2D eigenvalue weighted by molar-refractivity contribution is 7.13. The second kappa shape index (κ2) is 9.49. The summed E-state index contributed by atoms with van der Waals surface area (Å²) in [5, 5.41) is 5.93. The monoisotopic (exact) mass is 524 g/mol. The van der Waals surface area contributed by atoms with Gasteiger partial charge >= 0.3 is 6.18 Å². The van der Waals surface area contributed by atoms with Crippen molar-refractivity contribution in [3.8, 4) is 16.3 Å². The first-order chi connectivity index (χ1) is 16.1. The van der Waals surface area contributed by atoms with Gasteiger partial charge in [-0.1, -0.05) is 29.3 Å². The van der Waals surface area contributed by atoms with E-state index in [1.165, 1.54) is 58.5 Å². The van der Waals surface area contributed by atoms with Gasteiger partial charge in [0.15, 0.2) is 5.69 Å². The largest absolute Gasteiger partial charge is 0.435 e. The van der Waals surface area contributed by atoms with Crippen LogP contribution in [0.15, 0.2) is 66.0 Å². The van der Waals surface area contributed by atoms with Crippen LogP contribution in [0.5, 0.6) is 0 Å². The molecular formula is C22H13Cl2F3N4O2S. The van der Waals surface area contributed by atoms with Gasteiger partial charge in [0.25, 0.3) is 11.8 Å². The Labute approximate surface area is 204 Å². The van der Waals surface area contributed by atoms with Crippen molar-refractivity contribution in [2.24, 2.45) is 0 Å². The Bertz CT molecular complexity index is 1350. The molecule has 0 aliphatic carbocycles. The Hall–Kier alpha value is -3.34. The number of carbonyl (C=O) groups is 2. The number of hydrazine groups is 1. The van der Waals surface area contributed by atoms with Gasteiger partial charge in [0.05, 0.1) is 26.8 Å². The number of amides is 2. The van der Waals surface area contributed by atoms with Gasteiger partial charge in [-0.05, 0) is 60.0 Å². The van der Waals surface area contributed by atoms with Crippen LogP contribution in [0.25, 0.3) is 16.3 Å². The third kappa shape index (κ3) is 5.09. The highest BCUT2D eigenvalue weighted by atomic mass is 35.5. The van der Waals surface area contributed by atoms with Crippen LogP contribution in [0.1, 0.15) is 26.4 Å². The molecule has 2 heterocycles. The average molecular weight is 525 g/mol. The molecule has 0 saturated carbocycles. The lowest BCUT2D eigenvalue weighted by atomic mass is 10.2. The van der Waals surface area contributed by atoms with Crippen molar-refractivity contribution in [2.45, 2.75) is 6.18 Å². The minimum absolute atomic E-state index is 0.113. The summed E-state index contributed by atoms with van der Waals surface area (Å²) < 4.78 is 40.9. The van der Waals surface area contributed by atoms with Gasteiger partial charge in [0.2, 0.25) is 0 Å². The number of halogens is 5. The molecule has 2 N–H and O–H groups in total. The standard InChI is InChI=1S/C22H13Cl2F3N4O2S/c23-13-5-8-15(16(24)10-13)21(33)29-28-20(32)12-3-6-14(7-4-12)31-17(18-2-1-9-34-18)11-19(30-31)22(25,26)27/h1-11H,(H,28,32)(H,29,33).